The van der Waals surface area contributed by atoms with Crippen molar-refractivity contribution in [2.45, 2.75) is 122 Å². The molecule has 42 heavy (non-hydrogen) atoms. The molecule has 0 radical (unpaired) electrons. The number of hydrogen-bond acceptors (Lipinski definition) is 6. The molecular formula is C32H48N4O6. The highest BCUT2D eigenvalue weighted by molar-refractivity contribution is 5.93. The van der Waals surface area contributed by atoms with Crippen LogP contribution in [0.2, 0.25) is 0 Å². The van der Waals surface area contributed by atoms with E-state index in [0.29, 0.717) is 17.8 Å². The minimum absolute atomic E-state index is 0.0610. The lowest BCUT2D eigenvalue weighted by molar-refractivity contribution is -0.153. The van der Waals surface area contributed by atoms with Gasteiger partial charge in [0, 0.05) is 11.8 Å². The van der Waals surface area contributed by atoms with Gasteiger partial charge in [0.15, 0.2) is 0 Å². The average Bonchev–Trinajstić information content (AvgIpc) is 2.94. The topological polar surface area (TPSA) is 161 Å². The highest BCUT2D eigenvalue weighted by Crippen LogP contribution is 2.17. The number of anilines is 1. The summed E-state index contributed by atoms with van der Waals surface area (Å²) in [7, 11) is 0. The maximum Gasteiger partial charge on any atom is 0.328 e. The molecule has 0 bridgehead atoms. The first-order valence-electron chi connectivity index (χ1n) is 15.4. The summed E-state index contributed by atoms with van der Waals surface area (Å²) in [5.74, 6) is -2.01. The van der Waals surface area contributed by atoms with Crippen LogP contribution in [0.4, 0.5) is 10.6 Å². The van der Waals surface area contributed by atoms with Crippen molar-refractivity contribution in [2.75, 3.05) is 5.32 Å². The quantitative estimate of drug-likeness (QED) is 0.0911. The number of carbonyl (C=O) groups excluding carboxylic acids is 3. The number of amides is 3. The van der Waals surface area contributed by atoms with Crippen molar-refractivity contribution in [3.05, 3.63) is 36.4 Å². The van der Waals surface area contributed by atoms with E-state index in [1.165, 1.54) is 44.9 Å². The molecule has 0 aliphatic heterocycles. The van der Waals surface area contributed by atoms with E-state index in [-0.39, 0.29) is 25.7 Å². The summed E-state index contributed by atoms with van der Waals surface area (Å²) < 4.78 is 5.64. The molecule has 0 saturated heterocycles. The number of urea groups is 1. The highest BCUT2D eigenvalue weighted by atomic mass is 16.5. The first-order chi connectivity index (χ1) is 20.3. The van der Waals surface area contributed by atoms with Gasteiger partial charge in [-0.15, -0.1) is 0 Å². The third-order valence-corrected chi connectivity index (χ3v) is 7.15. The molecule has 0 aliphatic rings. The first-order valence-corrected chi connectivity index (χ1v) is 15.4. The molecule has 232 valence electrons. The Hall–Kier alpha value is -3.69. The molecule has 2 rings (SSSR count). The molecule has 2 atom stereocenters. The number of para-hydroxylation sites is 1. The number of hydrogen-bond donors (Lipinski definition) is 4. The molecular weight excluding hydrogens is 536 g/mol. The van der Waals surface area contributed by atoms with E-state index < -0.39 is 36.0 Å². The molecule has 3 amide bonds. The number of benzene rings is 1. The number of aliphatic carboxylic acids is 1. The molecule has 0 fully saturated rings. The maximum atomic E-state index is 13.1. The van der Waals surface area contributed by atoms with Crippen LogP contribution >= 0.6 is 0 Å². The van der Waals surface area contributed by atoms with E-state index in [2.05, 4.69) is 22.5 Å². The third-order valence-electron chi connectivity index (χ3n) is 7.15. The Morgan fingerprint density at radius 1 is 0.857 bits per heavy atom. The summed E-state index contributed by atoms with van der Waals surface area (Å²) >= 11 is 0. The summed E-state index contributed by atoms with van der Waals surface area (Å²) in [4.78, 5) is 52.9. The van der Waals surface area contributed by atoms with E-state index in [1.807, 2.05) is 30.3 Å². The summed E-state index contributed by atoms with van der Waals surface area (Å²) in [5.41, 5.74) is 6.11. The molecule has 10 heteroatoms. The molecule has 5 N–H and O–H groups in total. The van der Waals surface area contributed by atoms with E-state index >= 15 is 0 Å². The minimum Gasteiger partial charge on any atom is -0.481 e. The van der Waals surface area contributed by atoms with Crippen molar-refractivity contribution in [2.24, 2.45) is 5.73 Å². The highest BCUT2D eigenvalue weighted by Gasteiger charge is 2.26. The van der Waals surface area contributed by atoms with Crippen LogP contribution in [0, 0.1) is 0 Å². The molecule has 0 unspecified atom stereocenters. The number of unbranched alkanes of at least 4 members (excludes halogenated alkanes) is 10. The van der Waals surface area contributed by atoms with E-state index in [9.17, 15) is 19.2 Å². The third kappa shape index (κ3) is 14.8. The van der Waals surface area contributed by atoms with E-state index in [0.717, 1.165) is 31.1 Å². The number of nitrogens with two attached hydrogens (primary N) is 1. The fourth-order valence-electron chi connectivity index (χ4n) is 4.86. The lowest BCUT2D eigenvalue weighted by Gasteiger charge is -2.22. The number of nitrogens with one attached hydrogen (secondary N) is 2. The molecule has 1 aromatic heterocycles. The Morgan fingerprint density at radius 2 is 1.50 bits per heavy atom. The van der Waals surface area contributed by atoms with Crippen molar-refractivity contribution in [3.63, 3.8) is 0 Å². The number of carboxylic acids is 1. The van der Waals surface area contributed by atoms with Gasteiger partial charge in [-0.1, -0.05) is 89.3 Å². The lowest BCUT2D eigenvalue weighted by atomic mass is 10.0. The number of fused-ring (bicyclic) bond motifs is 1. The van der Waals surface area contributed by atoms with Gasteiger partial charge in [0.2, 0.25) is 5.91 Å². The van der Waals surface area contributed by atoms with Crippen LogP contribution in [0.3, 0.4) is 0 Å². The van der Waals surface area contributed by atoms with Gasteiger partial charge in [0.25, 0.3) is 0 Å². The number of ether oxygens (including phenoxy) is 1. The van der Waals surface area contributed by atoms with E-state index in [1.54, 1.807) is 6.07 Å². The zero-order valence-electron chi connectivity index (χ0n) is 24.9. The van der Waals surface area contributed by atoms with Gasteiger partial charge in [-0.3, -0.25) is 14.9 Å². The number of primary amides is 1. The molecule has 10 nitrogen and oxygen atoms in total. The Labute approximate surface area is 249 Å². The predicted octanol–water partition coefficient (Wildman–Crippen LogP) is 6.47. The number of carboxylic acid groups (broad SMARTS) is 1. The summed E-state index contributed by atoms with van der Waals surface area (Å²) in [6.07, 6.45) is 12.7. The monoisotopic (exact) mass is 584 g/mol. The fraction of sp³-hybridized carbons (Fsp3) is 0.594. The van der Waals surface area contributed by atoms with Gasteiger partial charge in [-0.2, -0.15) is 0 Å². The fourth-order valence-corrected chi connectivity index (χ4v) is 4.86. The van der Waals surface area contributed by atoms with E-state index in [4.69, 9.17) is 15.6 Å². The molecule has 0 aliphatic carbocycles. The normalized spacial score (nSPS) is 12.4. The number of nitrogens with zero attached hydrogens (tertiary/aromatic N) is 1. The Bertz CT molecular complexity index is 1130. The second kappa shape index (κ2) is 20.2. The summed E-state index contributed by atoms with van der Waals surface area (Å²) in [5, 5.41) is 15.1. The number of carbonyl (C=O) groups is 4. The number of aromatic nitrogens is 1. The zero-order chi connectivity index (χ0) is 30.6. The zero-order valence-corrected chi connectivity index (χ0v) is 24.9. The lowest BCUT2D eigenvalue weighted by Crippen LogP contribution is -2.45. The molecule has 0 spiro atoms. The van der Waals surface area contributed by atoms with Gasteiger partial charge in [0.05, 0.1) is 11.9 Å². The van der Waals surface area contributed by atoms with Crippen molar-refractivity contribution in [3.8, 4) is 0 Å². The molecule has 2 aromatic rings. The van der Waals surface area contributed by atoms with Crippen molar-refractivity contribution >= 4 is 40.6 Å². The number of pyridine rings is 1. The first kappa shape index (κ1) is 34.5. The maximum absolute atomic E-state index is 13.1. The number of esters is 1. The summed E-state index contributed by atoms with van der Waals surface area (Å²) in [6, 6.07) is 9.14. The Kier molecular flexibility index (Phi) is 16.6. The minimum atomic E-state index is -1.10. The standard InChI is InChI=1S/C32H48N4O6/c1-2-3-4-5-6-7-8-9-10-11-12-17-25(23-28(33)37)42-31(40)27(19-15-20-30(38)39)35-32(41)36-29-22-21-24-16-13-14-18-26(24)34-29/h13-14,16,18,21-22,25,27H,2-12,15,17,19-20,23H2,1H3,(H2,33,37)(H,38,39)(H2,34,35,36,41)/t25-,27-/m0/s1. The van der Waals surface area contributed by atoms with Crippen molar-refractivity contribution in [1.82, 2.24) is 10.3 Å². The van der Waals surface area contributed by atoms with Crippen LogP contribution in [-0.4, -0.2) is 46.1 Å². The van der Waals surface area contributed by atoms with Crippen LogP contribution in [0.5, 0.6) is 0 Å². The SMILES string of the molecule is CCCCCCCCCCCCC[C@@H](CC(N)=O)OC(=O)[C@H](CCCC(=O)O)NC(=O)Nc1ccc2ccccc2n1. The van der Waals surface area contributed by atoms with Gasteiger partial charge >= 0.3 is 18.0 Å². The van der Waals surface area contributed by atoms with Crippen molar-refractivity contribution in [1.29, 1.82) is 0 Å². The second-order valence-electron chi connectivity index (χ2n) is 10.9. The number of rotatable bonds is 22. The van der Waals surface area contributed by atoms with Gasteiger partial charge in [0.1, 0.15) is 18.0 Å². The van der Waals surface area contributed by atoms with Crippen LogP contribution in [0.15, 0.2) is 36.4 Å². The average molecular weight is 585 g/mol. The van der Waals surface area contributed by atoms with Crippen molar-refractivity contribution < 1.29 is 29.0 Å². The van der Waals surface area contributed by atoms with Gasteiger partial charge in [-0.25, -0.2) is 14.6 Å². The van der Waals surface area contributed by atoms with Crippen LogP contribution < -0.4 is 16.4 Å². The van der Waals surface area contributed by atoms with Crippen LogP contribution in [0.25, 0.3) is 10.9 Å². The van der Waals surface area contributed by atoms with Gasteiger partial charge in [-0.05, 0) is 43.9 Å². The van der Waals surface area contributed by atoms with Crippen LogP contribution in [-0.2, 0) is 19.1 Å². The van der Waals surface area contributed by atoms with Crippen LogP contribution in [0.1, 0.15) is 110 Å². The molecule has 1 heterocycles. The summed E-state index contributed by atoms with van der Waals surface area (Å²) in [6.45, 7) is 2.22. The Morgan fingerprint density at radius 3 is 2.14 bits per heavy atom. The molecule has 0 saturated carbocycles. The molecule has 1 aromatic carbocycles. The smallest absolute Gasteiger partial charge is 0.328 e. The Balaban J connectivity index is 1.87. The van der Waals surface area contributed by atoms with Gasteiger partial charge < -0.3 is 20.9 Å². The second-order valence-corrected chi connectivity index (χ2v) is 10.9. The predicted molar refractivity (Wildman–Crippen MR) is 164 cm³/mol. The largest absolute Gasteiger partial charge is 0.481 e.